The molecule has 4 heteroatoms. The topological polar surface area (TPSA) is 22.1 Å². The fraction of sp³-hybridized carbons (Fsp3) is 0.0556. The Bertz CT molecular complexity index is 793. The van der Waals surface area contributed by atoms with Crippen molar-refractivity contribution in [2.45, 2.75) is 0 Å². The smallest absolute Gasteiger partial charge is 0.126 e. The van der Waals surface area contributed by atoms with E-state index in [4.69, 9.17) is 4.74 Å². The predicted octanol–water partition coefficient (Wildman–Crippen LogP) is 5.75. The molecule has 0 amide bonds. The Morgan fingerprint density at radius 3 is 2.59 bits per heavy atom. The van der Waals surface area contributed by atoms with E-state index in [1.807, 2.05) is 48.6 Å². The molecule has 0 fully saturated rings. The van der Waals surface area contributed by atoms with Gasteiger partial charge in [0, 0.05) is 21.0 Å². The quantitative estimate of drug-likeness (QED) is 0.582. The monoisotopic (exact) mass is 371 g/mol. The van der Waals surface area contributed by atoms with Gasteiger partial charge in [-0.15, -0.1) is 11.3 Å². The number of halogens is 1. The lowest BCUT2D eigenvalue weighted by molar-refractivity contribution is 0.414. The van der Waals surface area contributed by atoms with Crippen LogP contribution in [0.15, 0.2) is 58.4 Å². The highest BCUT2D eigenvalue weighted by Crippen LogP contribution is 2.25. The molecule has 0 aliphatic carbocycles. The molecule has 0 saturated carbocycles. The molecule has 0 saturated heterocycles. The van der Waals surface area contributed by atoms with Crippen molar-refractivity contribution in [3.05, 3.63) is 69.0 Å². The Kier molecular flexibility index (Phi) is 4.71. The number of hydrogen-bond acceptors (Lipinski definition) is 3. The minimum Gasteiger partial charge on any atom is -0.496 e. The van der Waals surface area contributed by atoms with Crippen molar-refractivity contribution in [1.82, 2.24) is 4.98 Å². The summed E-state index contributed by atoms with van der Waals surface area (Å²) in [7, 11) is 1.68. The van der Waals surface area contributed by atoms with E-state index in [-0.39, 0.29) is 0 Å². The average molecular weight is 372 g/mol. The molecule has 2 aromatic carbocycles. The zero-order valence-electron chi connectivity index (χ0n) is 12.0. The Balaban J connectivity index is 1.82. The molecule has 0 spiro atoms. The second-order valence-corrected chi connectivity index (χ2v) is 6.46. The van der Waals surface area contributed by atoms with Gasteiger partial charge in [-0.3, -0.25) is 0 Å². The molecule has 0 radical (unpaired) electrons. The van der Waals surface area contributed by atoms with Crippen LogP contribution in [0.5, 0.6) is 5.75 Å². The minimum atomic E-state index is 0.864. The molecule has 2 nitrogen and oxygen atoms in total. The van der Waals surface area contributed by atoms with Crippen LogP contribution in [0.2, 0.25) is 0 Å². The summed E-state index contributed by atoms with van der Waals surface area (Å²) in [6.07, 6.45) is 4.05. The maximum Gasteiger partial charge on any atom is 0.126 e. The predicted molar refractivity (Wildman–Crippen MR) is 97.2 cm³/mol. The van der Waals surface area contributed by atoms with Crippen LogP contribution in [0.4, 0.5) is 0 Å². The number of ether oxygens (including phenoxy) is 1. The first-order valence-corrected chi connectivity index (χ1v) is 8.46. The van der Waals surface area contributed by atoms with Gasteiger partial charge in [-0.2, -0.15) is 0 Å². The minimum absolute atomic E-state index is 0.864. The van der Waals surface area contributed by atoms with E-state index in [9.17, 15) is 0 Å². The summed E-state index contributed by atoms with van der Waals surface area (Å²) in [5.41, 5.74) is 3.17. The SMILES string of the molecule is COc1ccccc1C=Cc1nc(-c2ccc(Br)cc2)cs1. The van der Waals surface area contributed by atoms with Gasteiger partial charge < -0.3 is 4.74 Å². The molecule has 22 heavy (non-hydrogen) atoms. The van der Waals surface area contributed by atoms with Crippen LogP contribution in [-0.4, -0.2) is 12.1 Å². The zero-order chi connectivity index (χ0) is 15.4. The fourth-order valence-corrected chi connectivity index (χ4v) is 3.07. The van der Waals surface area contributed by atoms with Crippen molar-refractivity contribution in [3.63, 3.8) is 0 Å². The Morgan fingerprint density at radius 1 is 1.05 bits per heavy atom. The van der Waals surface area contributed by atoms with Gasteiger partial charge in [0.25, 0.3) is 0 Å². The van der Waals surface area contributed by atoms with Gasteiger partial charge >= 0.3 is 0 Å². The summed E-state index contributed by atoms with van der Waals surface area (Å²) in [6.45, 7) is 0. The second kappa shape index (κ2) is 6.90. The van der Waals surface area contributed by atoms with Crippen molar-refractivity contribution in [3.8, 4) is 17.0 Å². The van der Waals surface area contributed by atoms with Crippen molar-refractivity contribution in [1.29, 1.82) is 0 Å². The van der Waals surface area contributed by atoms with Gasteiger partial charge in [0.05, 0.1) is 12.8 Å². The van der Waals surface area contributed by atoms with Gasteiger partial charge in [-0.05, 0) is 30.4 Å². The molecule has 0 N–H and O–H groups in total. The third-order valence-corrected chi connectivity index (χ3v) is 4.54. The summed E-state index contributed by atoms with van der Waals surface area (Å²) in [5, 5.41) is 3.05. The first-order valence-electron chi connectivity index (χ1n) is 6.79. The van der Waals surface area contributed by atoms with E-state index in [2.05, 4.69) is 38.4 Å². The molecule has 0 bridgehead atoms. The van der Waals surface area contributed by atoms with Gasteiger partial charge in [-0.25, -0.2) is 4.98 Å². The number of benzene rings is 2. The first kappa shape index (κ1) is 15.0. The van der Waals surface area contributed by atoms with Gasteiger partial charge in [0.15, 0.2) is 0 Å². The van der Waals surface area contributed by atoms with Crippen LogP contribution < -0.4 is 4.74 Å². The average Bonchev–Trinajstić information content (AvgIpc) is 3.03. The fourth-order valence-electron chi connectivity index (χ4n) is 2.08. The molecule has 1 aromatic heterocycles. The summed E-state index contributed by atoms with van der Waals surface area (Å²) in [5.74, 6) is 0.864. The molecule has 1 heterocycles. The standard InChI is InChI=1S/C18H14BrNOS/c1-21-17-5-3-2-4-14(17)8-11-18-20-16(12-22-18)13-6-9-15(19)10-7-13/h2-12H,1H3. The van der Waals surface area contributed by atoms with Crippen molar-refractivity contribution < 1.29 is 4.74 Å². The summed E-state index contributed by atoms with van der Waals surface area (Å²) in [6, 6.07) is 16.1. The Labute approximate surface area is 142 Å². The second-order valence-electron chi connectivity index (χ2n) is 4.65. The van der Waals surface area contributed by atoms with Crippen molar-refractivity contribution in [2.75, 3.05) is 7.11 Å². The Morgan fingerprint density at radius 2 is 1.82 bits per heavy atom. The molecule has 0 atom stereocenters. The van der Waals surface area contributed by atoms with Crippen LogP contribution >= 0.6 is 27.3 Å². The normalized spacial score (nSPS) is 11.0. The highest BCUT2D eigenvalue weighted by molar-refractivity contribution is 9.10. The lowest BCUT2D eigenvalue weighted by atomic mass is 10.2. The maximum absolute atomic E-state index is 5.35. The molecule has 0 aliphatic rings. The van der Waals surface area contributed by atoms with E-state index >= 15 is 0 Å². The summed E-state index contributed by atoms with van der Waals surface area (Å²) >= 11 is 5.08. The molecule has 3 rings (SSSR count). The molecule has 3 aromatic rings. The molecular formula is C18H14BrNOS. The lowest BCUT2D eigenvalue weighted by Gasteiger charge is -2.02. The van der Waals surface area contributed by atoms with E-state index in [1.165, 1.54) is 0 Å². The van der Waals surface area contributed by atoms with Crippen LogP contribution in [-0.2, 0) is 0 Å². The molecular weight excluding hydrogens is 358 g/mol. The van der Waals surface area contributed by atoms with Crippen molar-refractivity contribution >= 4 is 39.4 Å². The number of nitrogens with zero attached hydrogens (tertiary/aromatic N) is 1. The largest absolute Gasteiger partial charge is 0.496 e. The first-order chi connectivity index (χ1) is 10.8. The number of thiazole rings is 1. The highest BCUT2D eigenvalue weighted by atomic mass is 79.9. The molecule has 110 valence electrons. The molecule has 0 unspecified atom stereocenters. The summed E-state index contributed by atoms with van der Waals surface area (Å²) in [4.78, 5) is 4.66. The van der Waals surface area contributed by atoms with Crippen LogP contribution in [0.25, 0.3) is 23.4 Å². The zero-order valence-corrected chi connectivity index (χ0v) is 14.4. The molecule has 0 aliphatic heterocycles. The lowest BCUT2D eigenvalue weighted by Crippen LogP contribution is -1.85. The number of methoxy groups -OCH3 is 1. The van der Waals surface area contributed by atoms with Crippen LogP contribution in [0.3, 0.4) is 0 Å². The van der Waals surface area contributed by atoms with Crippen LogP contribution in [0.1, 0.15) is 10.6 Å². The third-order valence-electron chi connectivity index (χ3n) is 3.21. The maximum atomic E-state index is 5.35. The van der Waals surface area contributed by atoms with E-state index in [1.54, 1.807) is 18.4 Å². The third kappa shape index (κ3) is 3.46. The van der Waals surface area contributed by atoms with Crippen LogP contribution in [0, 0.1) is 0 Å². The Hall–Kier alpha value is -1.91. The van der Waals surface area contributed by atoms with Gasteiger partial charge in [0.1, 0.15) is 10.8 Å². The van der Waals surface area contributed by atoms with E-state index < -0.39 is 0 Å². The van der Waals surface area contributed by atoms with Gasteiger partial charge in [0.2, 0.25) is 0 Å². The van der Waals surface area contributed by atoms with E-state index in [0.29, 0.717) is 0 Å². The number of para-hydroxylation sites is 1. The number of hydrogen-bond donors (Lipinski definition) is 0. The van der Waals surface area contributed by atoms with Crippen molar-refractivity contribution in [2.24, 2.45) is 0 Å². The summed E-state index contributed by atoms with van der Waals surface area (Å²) < 4.78 is 6.42. The highest BCUT2D eigenvalue weighted by Gasteiger charge is 2.03. The number of rotatable bonds is 4. The van der Waals surface area contributed by atoms with E-state index in [0.717, 1.165) is 32.1 Å². The number of aromatic nitrogens is 1. The van der Waals surface area contributed by atoms with Gasteiger partial charge in [-0.1, -0.05) is 46.3 Å².